The summed E-state index contributed by atoms with van der Waals surface area (Å²) in [6, 6.07) is 2.04. The first-order valence-electron chi connectivity index (χ1n) is 4.96. The molecular formula is C11H13F2NO3. The third kappa shape index (κ3) is 3.99. The van der Waals surface area contributed by atoms with Crippen LogP contribution in [0.5, 0.6) is 5.75 Å². The molecule has 6 heteroatoms. The number of benzene rings is 1. The second-order valence-corrected chi connectivity index (χ2v) is 3.34. The van der Waals surface area contributed by atoms with E-state index in [9.17, 15) is 13.6 Å². The Kier molecular flexibility index (Phi) is 4.84. The number of hydrogen-bond acceptors (Lipinski definition) is 4. The van der Waals surface area contributed by atoms with Gasteiger partial charge in [-0.15, -0.1) is 0 Å². The highest BCUT2D eigenvalue weighted by Gasteiger charge is 2.14. The lowest BCUT2D eigenvalue weighted by atomic mass is 10.2. The Morgan fingerprint density at radius 2 is 2.18 bits per heavy atom. The number of rotatable bonds is 5. The van der Waals surface area contributed by atoms with E-state index < -0.39 is 23.6 Å². The maximum Gasteiger partial charge on any atom is 0.322 e. The molecule has 0 saturated heterocycles. The van der Waals surface area contributed by atoms with Crippen molar-refractivity contribution in [3.8, 4) is 5.75 Å². The molecule has 0 aliphatic carbocycles. The molecule has 0 radical (unpaired) electrons. The summed E-state index contributed by atoms with van der Waals surface area (Å²) in [5.41, 5.74) is 5.44. The molecule has 0 aliphatic rings. The molecule has 2 N–H and O–H groups in total. The van der Waals surface area contributed by atoms with Crippen LogP contribution < -0.4 is 10.5 Å². The molecule has 1 unspecified atom stereocenters. The fourth-order valence-electron chi connectivity index (χ4n) is 1.15. The fourth-order valence-corrected chi connectivity index (χ4v) is 1.15. The van der Waals surface area contributed by atoms with Crippen LogP contribution in [0.15, 0.2) is 18.2 Å². The van der Waals surface area contributed by atoms with E-state index in [-0.39, 0.29) is 18.8 Å². The van der Waals surface area contributed by atoms with Crippen molar-refractivity contribution in [2.75, 3.05) is 13.7 Å². The summed E-state index contributed by atoms with van der Waals surface area (Å²) in [5.74, 6) is -2.05. The maximum absolute atomic E-state index is 13.1. The molecule has 0 spiro atoms. The molecule has 0 fully saturated rings. The van der Waals surface area contributed by atoms with Crippen LogP contribution in [-0.2, 0) is 9.53 Å². The number of nitrogens with two attached hydrogens (primary N) is 1. The van der Waals surface area contributed by atoms with Crippen LogP contribution in [-0.4, -0.2) is 25.7 Å². The van der Waals surface area contributed by atoms with Crippen LogP contribution >= 0.6 is 0 Å². The predicted molar refractivity (Wildman–Crippen MR) is 56.5 cm³/mol. The minimum atomic E-state index is -0.836. The van der Waals surface area contributed by atoms with Gasteiger partial charge in [-0.1, -0.05) is 0 Å². The zero-order chi connectivity index (χ0) is 12.8. The van der Waals surface area contributed by atoms with Gasteiger partial charge in [-0.2, -0.15) is 0 Å². The second kappa shape index (κ2) is 6.15. The van der Waals surface area contributed by atoms with Crippen molar-refractivity contribution in [3.05, 3.63) is 29.8 Å². The van der Waals surface area contributed by atoms with Crippen molar-refractivity contribution in [3.63, 3.8) is 0 Å². The molecule has 1 rings (SSSR count). The quantitative estimate of drug-likeness (QED) is 0.793. The summed E-state index contributed by atoms with van der Waals surface area (Å²) in [7, 11) is 1.22. The Labute approximate surface area is 97.3 Å². The first-order chi connectivity index (χ1) is 8.04. The summed E-state index contributed by atoms with van der Waals surface area (Å²) < 4.78 is 35.3. The van der Waals surface area contributed by atoms with Gasteiger partial charge in [0.15, 0.2) is 11.6 Å². The van der Waals surface area contributed by atoms with Gasteiger partial charge in [-0.05, 0) is 12.1 Å². The van der Waals surface area contributed by atoms with Gasteiger partial charge in [0, 0.05) is 12.5 Å². The molecule has 1 aromatic carbocycles. The van der Waals surface area contributed by atoms with Crippen molar-refractivity contribution >= 4 is 5.97 Å². The van der Waals surface area contributed by atoms with Gasteiger partial charge in [-0.3, -0.25) is 4.79 Å². The lowest BCUT2D eigenvalue weighted by molar-refractivity contribution is -0.142. The second-order valence-electron chi connectivity index (χ2n) is 3.34. The van der Waals surface area contributed by atoms with Crippen LogP contribution in [0, 0.1) is 11.6 Å². The van der Waals surface area contributed by atoms with E-state index >= 15 is 0 Å². The Hall–Kier alpha value is -1.69. The number of halogens is 2. The Bertz CT molecular complexity index is 398. The van der Waals surface area contributed by atoms with Gasteiger partial charge in [0.2, 0.25) is 0 Å². The third-order valence-corrected chi connectivity index (χ3v) is 2.08. The highest BCUT2D eigenvalue weighted by atomic mass is 19.1. The van der Waals surface area contributed by atoms with E-state index in [4.69, 9.17) is 10.5 Å². The average Bonchev–Trinajstić information content (AvgIpc) is 2.32. The van der Waals surface area contributed by atoms with Gasteiger partial charge < -0.3 is 15.2 Å². The van der Waals surface area contributed by atoms with E-state index in [0.717, 1.165) is 18.2 Å². The standard InChI is InChI=1S/C11H13F2NO3/c1-16-11(15)9(14)4-5-17-10-6-7(12)2-3-8(10)13/h2-3,6,9H,4-5,14H2,1H3. The molecule has 0 aliphatic heterocycles. The maximum atomic E-state index is 13.1. The number of esters is 1. The summed E-state index contributed by atoms with van der Waals surface area (Å²) in [5, 5.41) is 0. The van der Waals surface area contributed by atoms with Crippen LogP contribution in [0.25, 0.3) is 0 Å². The summed E-state index contributed by atoms with van der Waals surface area (Å²) >= 11 is 0. The predicted octanol–water partition coefficient (Wildman–Crippen LogP) is 1.23. The van der Waals surface area contributed by atoms with E-state index in [0.29, 0.717) is 0 Å². The molecule has 0 amide bonds. The van der Waals surface area contributed by atoms with E-state index in [2.05, 4.69) is 4.74 Å². The lowest BCUT2D eigenvalue weighted by Crippen LogP contribution is -2.33. The van der Waals surface area contributed by atoms with Crippen LogP contribution in [0.1, 0.15) is 6.42 Å². The number of methoxy groups -OCH3 is 1. The van der Waals surface area contributed by atoms with E-state index in [1.165, 1.54) is 7.11 Å². The minimum Gasteiger partial charge on any atom is -0.490 e. The normalized spacial score (nSPS) is 12.0. The monoisotopic (exact) mass is 245 g/mol. The van der Waals surface area contributed by atoms with Crippen molar-refractivity contribution in [2.45, 2.75) is 12.5 Å². The lowest BCUT2D eigenvalue weighted by Gasteiger charge is -2.10. The molecule has 4 nitrogen and oxygen atoms in total. The highest BCUT2D eigenvalue weighted by Crippen LogP contribution is 2.18. The Balaban J connectivity index is 2.45. The van der Waals surface area contributed by atoms with Gasteiger partial charge in [0.25, 0.3) is 0 Å². The van der Waals surface area contributed by atoms with E-state index in [1.54, 1.807) is 0 Å². The summed E-state index contributed by atoms with van der Waals surface area (Å²) in [6.07, 6.45) is 0.155. The zero-order valence-corrected chi connectivity index (χ0v) is 9.28. The number of ether oxygens (including phenoxy) is 2. The first kappa shape index (κ1) is 13.4. The van der Waals surface area contributed by atoms with Gasteiger partial charge in [0.05, 0.1) is 13.7 Å². The van der Waals surface area contributed by atoms with Crippen molar-refractivity contribution in [1.82, 2.24) is 0 Å². The fraction of sp³-hybridized carbons (Fsp3) is 0.364. The highest BCUT2D eigenvalue weighted by molar-refractivity contribution is 5.75. The van der Waals surface area contributed by atoms with Gasteiger partial charge >= 0.3 is 5.97 Å². The first-order valence-corrected chi connectivity index (χ1v) is 4.96. The van der Waals surface area contributed by atoms with Crippen molar-refractivity contribution in [1.29, 1.82) is 0 Å². The summed E-state index contributed by atoms with van der Waals surface area (Å²) in [6.45, 7) is -0.00333. The number of hydrogen-bond donors (Lipinski definition) is 1. The molecule has 0 saturated carbocycles. The zero-order valence-electron chi connectivity index (χ0n) is 9.28. The average molecular weight is 245 g/mol. The molecule has 0 aromatic heterocycles. The topological polar surface area (TPSA) is 61.5 Å². The Morgan fingerprint density at radius 3 is 2.82 bits per heavy atom. The number of carbonyl (C=O) groups is 1. The largest absolute Gasteiger partial charge is 0.490 e. The van der Waals surface area contributed by atoms with Crippen LogP contribution in [0.2, 0.25) is 0 Å². The van der Waals surface area contributed by atoms with Crippen molar-refractivity contribution in [2.24, 2.45) is 5.73 Å². The smallest absolute Gasteiger partial charge is 0.322 e. The van der Waals surface area contributed by atoms with Crippen molar-refractivity contribution < 1.29 is 23.0 Å². The van der Waals surface area contributed by atoms with Gasteiger partial charge in [-0.25, -0.2) is 8.78 Å². The molecule has 1 aromatic rings. The molecular weight excluding hydrogens is 232 g/mol. The minimum absolute atomic E-state index is 0.00333. The van der Waals surface area contributed by atoms with Gasteiger partial charge in [0.1, 0.15) is 11.9 Å². The molecule has 0 bridgehead atoms. The van der Waals surface area contributed by atoms with E-state index in [1.807, 2.05) is 0 Å². The van der Waals surface area contributed by atoms with Crippen LogP contribution in [0.4, 0.5) is 8.78 Å². The van der Waals surface area contributed by atoms with Crippen LogP contribution in [0.3, 0.4) is 0 Å². The molecule has 17 heavy (non-hydrogen) atoms. The molecule has 0 heterocycles. The Morgan fingerprint density at radius 1 is 1.47 bits per heavy atom. The summed E-state index contributed by atoms with van der Waals surface area (Å²) in [4.78, 5) is 10.9. The molecule has 1 atom stereocenters. The molecule has 94 valence electrons. The SMILES string of the molecule is COC(=O)C(N)CCOc1cc(F)ccc1F. The third-order valence-electron chi connectivity index (χ3n) is 2.08. The number of carbonyl (C=O) groups excluding carboxylic acids is 1.